The summed E-state index contributed by atoms with van der Waals surface area (Å²) in [6.07, 6.45) is 0.670. The molecule has 1 heterocycles. The van der Waals surface area contributed by atoms with Crippen molar-refractivity contribution in [2.45, 2.75) is 33.6 Å². The number of benzene rings is 1. The highest BCUT2D eigenvalue weighted by Gasteiger charge is 2.11. The average molecular weight is 258 g/mol. The number of H-pyrrole nitrogens is 1. The van der Waals surface area contributed by atoms with Crippen LogP contribution in [0, 0.1) is 20.8 Å². The molecule has 1 aromatic heterocycles. The number of nitrogens with zero attached hydrogens (tertiary/aromatic N) is 1. The van der Waals surface area contributed by atoms with Gasteiger partial charge >= 0.3 is 5.97 Å². The number of hydrogen-bond donors (Lipinski definition) is 2. The molecule has 19 heavy (non-hydrogen) atoms. The Hall–Kier alpha value is -2.10. The number of imidazole rings is 1. The highest BCUT2D eigenvalue weighted by Crippen LogP contribution is 2.15. The Balaban J connectivity index is 2.24. The maximum absolute atomic E-state index is 10.7. The predicted molar refractivity (Wildman–Crippen MR) is 73.4 cm³/mol. The van der Waals surface area contributed by atoms with Gasteiger partial charge in [0.1, 0.15) is 5.82 Å². The predicted octanol–water partition coefficient (Wildman–Crippen LogP) is 2.55. The molecule has 2 rings (SSSR count). The van der Waals surface area contributed by atoms with Crippen LogP contribution in [-0.2, 0) is 17.6 Å². The van der Waals surface area contributed by atoms with Crippen LogP contribution in [-0.4, -0.2) is 21.0 Å². The number of carboxylic acid groups (broad SMARTS) is 1. The fourth-order valence-corrected chi connectivity index (χ4v) is 2.13. The molecule has 100 valence electrons. The minimum Gasteiger partial charge on any atom is -0.481 e. The van der Waals surface area contributed by atoms with Crippen molar-refractivity contribution in [3.8, 4) is 0 Å². The molecule has 0 saturated heterocycles. The van der Waals surface area contributed by atoms with Crippen LogP contribution in [0.3, 0.4) is 0 Å². The topological polar surface area (TPSA) is 66.0 Å². The fourth-order valence-electron chi connectivity index (χ4n) is 2.13. The summed E-state index contributed by atoms with van der Waals surface area (Å²) >= 11 is 0. The molecular weight excluding hydrogens is 240 g/mol. The summed E-state index contributed by atoms with van der Waals surface area (Å²) in [5.41, 5.74) is 5.11. The smallest absolute Gasteiger partial charge is 0.309 e. The summed E-state index contributed by atoms with van der Waals surface area (Å²) in [6.45, 7) is 5.99. The van der Waals surface area contributed by atoms with Crippen LogP contribution < -0.4 is 0 Å². The van der Waals surface area contributed by atoms with Crippen molar-refractivity contribution in [1.29, 1.82) is 0 Å². The van der Waals surface area contributed by atoms with Crippen molar-refractivity contribution in [2.24, 2.45) is 0 Å². The summed E-state index contributed by atoms with van der Waals surface area (Å²) in [5.74, 6) is -0.0321. The number of rotatable bonds is 4. The summed E-state index contributed by atoms with van der Waals surface area (Å²) in [4.78, 5) is 18.3. The number of carbonyl (C=O) groups is 1. The normalized spacial score (nSPS) is 10.7. The molecule has 2 N–H and O–H groups in total. The molecule has 0 amide bonds. The van der Waals surface area contributed by atoms with Crippen LogP contribution >= 0.6 is 0 Å². The molecule has 0 aliphatic carbocycles. The van der Waals surface area contributed by atoms with E-state index in [-0.39, 0.29) is 6.42 Å². The zero-order chi connectivity index (χ0) is 14.0. The summed E-state index contributed by atoms with van der Waals surface area (Å²) < 4.78 is 0. The third-order valence-electron chi connectivity index (χ3n) is 3.22. The van der Waals surface area contributed by atoms with Gasteiger partial charge in [-0.2, -0.15) is 0 Å². The lowest BCUT2D eigenvalue weighted by atomic mass is 10.0. The highest BCUT2D eigenvalue weighted by atomic mass is 16.4. The van der Waals surface area contributed by atoms with E-state index in [1.54, 1.807) is 0 Å². The van der Waals surface area contributed by atoms with Gasteiger partial charge in [0.25, 0.3) is 0 Å². The van der Waals surface area contributed by atoms with Gasteiger partial charge in [-0.1, -0.05) is 23.8 Å². The Morgan fingerprint density at radius 3 is 2.74 bits per heavy atom. The van der Waals surface area contributed by atoms with Gasteiger partial charge in [0, 0.05) is 12.1 Å². The van der Waals surface area contributed by atoms with Gasteiger partial charge in [0.15, 0.2) is 0 Å². The molecule has 0 saturated carbocycles. The molecule has 0 unspecified atom stereocenters. The number of aromatic nitrogens is 2. The monoisotopic (exact) mass is 258 g/mol. The Morgan fingerprint density at radius 1 is 1.32 bits per heavy atom. The second-order valence-electron chi connectivity index (χ2n) is 4.93. The Bertz CT molecular complexity index is 615. The first-order valence-corrected chi connectivity index (χ1v) is 6.28. The molecular formula is C15H18N2O2. The second kappa shape index (κ2) is 5.26. The zero-order valence-corrected chi connectivity index (χ0v) is 11.4. The molecule has 4 nitrogen and oxygen atoms in total. The van der Waals surface area contributed by atoms with Gasteiger partial charge < -0.3 is 10.1 Å². The number of aliphatic carboxylic acids is 1. The van der Waals surface area contributed by atoms with Gasteiger partial charge in [0.2, 0.25) is 0 Å². The maximum atomic E-state index is 10.7. The Morgan fingerprint density at radius 2 is 2.05 bits per heavy atom. The van der Waals surface area contributed by atoms with E-state index in [9.17, 15) is 4.79 Å². The highest BCUT2D eigenvalue weighted by molar-refractivity contribution is 5.69. The molecule has 1 aromatic carbocycles. The van der Waals surface area contributed by atoms with E-state index in [4.69, 9.17) is 5.11 Å². The first-order valence-electron chi connectivity index (χ1n) is 6.28. The van der Waals surface area contributed by atoms with Gasteiger partial charge in [-0.15, -0.1) is 0 Å². The quantitative estimate of drug-likeness (QED) is 0.885. The number of carboxylic acids is 1. The van der Waals surface area contributed by atoms with E-state index in [1.807, 2.05) is 6.92 Å². The van der Waals surface area contributed by atoms with Crippen molar-refractivity contribution in [1.82, 2.24) is 9.97 Å². The molecule has 0 spiro atoms. The fraction of sp³-hybridized carbons (Fsp3) is 0.333. The van der Waals surface area contributed by atoms with Crippen molar-refractivity contribution >= 4 is 5.97 Å². The number of aryl methyl sites for hydroxylation is 3. The SMILES string of the molecule is Cc1ccc(C)c(Cc2nc(CC(=O)O)c(C)[nH]2)c1. The minimum atomic E-state index is -0.854. The van der Waals surface area contributed by atoms with Crippen molar-refractivity contribution in [2.75, 3.05) is 0 Å². The lowest BCUT2D eigenvalue weighted by Gasteiger charge is -2.05. The molecule has 0 bridgehead atoms. The standard InChI is InChI=1S/C15H18N2O2/c1-9-4-5-10(2)12(6-9)7-14-16-11(3)13(17-14)8-15(18)19/h4-6H,7-8H2,1-3H3,(H,16,17)(H,18,19). The summed E-state index contributed by atoms with van der Waals surface area (Å²) in [5, 5.41) is 8.82. The van der Waals surface area contributed by atoms with Crippen molar-refractivity contribution < 1.29 is 9.90 Å². The van der Waals surface area contributed by atoms with Crippen LogP contribution in [0.1, 0.15) is 33.9 Å². The largest absolute Gasteiger partial charge is 0.481 e. The van der Waals surface area contributed by atoms with Crippen LogP contribution in [0.4, 0.5) is 0 Å². The lowest BCUT2D eigenvalue weighted by molar-refractivity contribution is -0.136. The van der Waals surface area contributed by atoms with Gasteiger partial charge in [-0.25, -0.2) is 4.98 Å². The number of nitrogens with one attached hydrogen (secondary N) is 1. The average Bonchev–Trinajstić information content (AvgIpc) is 2.64. The van der Waals surface area contributed by atoms with Crippen molar-refractivity contribution in [3.05, 3.63) is 52.1 Å². The van der Waals surface area contributed by atoms with E-state index < -0.39 is 5.97 Å². The van der Waals surface area contributed by atoms with E-state index in [2.05, 4.69) is 42.0 Å². The number of aromatic amines is 1. The van der Waals surface area contributed by atoms with E-state index in [0.717, 1.165) is 11.5 Å². The van der Waals surface area contributed by atoms with Crippen LogP contribution in [0.2, 0.25) is 0 Å². The van der Waals surface area contributed by atoms with Gasteiger partial charge in [-0.05, 0) is 31.9 Å². The second-order valence-corrected chi connectivity index (χ2v) is 4.93. The minimum absolute atomic E-state index is 0.0326. The van der Waals surface area contributed by atoms with E-state index >= 15 is 0 Å². The van der Waals surface area contributed by atoms with Crippen LogP contribution in [0.25, 0.3) is 0 Å². The molecule has 0 radical (unpaired) electrons. The molecule has 4 heteroatoms. The van der Waals surface area contributed by atoms with Gasteiger partial charge in [-0.3, -0.25) is 4.79 Å². The number of hydrogen-bond acceptors (Lipinski definition) is 2. The third-order valence-corrected chi connectivity index (χ3v) is 3.22. The maximum Gasteiger partial charge on any atom is 0.309 e. The Labute approximate surface area is 112 Å². The molecule has 2 aromatic rings. The van der Waals surface area contributed by atoms with Crippen molar-refractivity contribution in [3.63, 3.8) is 0 Å². The van der Waals surface area contributed by atoms with Crippen LogP contribution in [0.5, 0.6) is 0 Å². The Kier molecular flexibility index (Phi) is 3.69. The van der Waals surface area contributed by atoms with E-state index in [1.165, 1.54) is 16.7 Å². The zero-order valence-electron chi connectivity index (χ0n) is 11.4. The first-order chi connectivity index (χ1) is 8.95. The third kappa shape index (κ3) is 3.22. The summed E-state index contributed by atoms with van der Waals surface area (Å²) in [6, 6.07) is 6.32. The van der Waals surface area contributed by atoms with Crippen LogP contribution in [0.15, 0.2) is 18.2 Å². The molecule has 0 aliphatic rings. The molecule has 0 fully saturated rings. The molecule has 0 atom stereocenters. The first kappa shape index (κ1) is 13.3. The molecule has 0 aliphatic heterocycles. The van der Waals surface area contributed by atoms with E-state index in [0.29, 0.717) is 12.1 Å². The van der Waals surface area contributed by atoms with Gasteiger partial charge in [0.05, 0.1) is 12.1 Å². The summed E-state index contributed by atoms with van der Waals surface area (Å²) in [7, 11) is 0. The lowest BCUT2D eigenvalue weighted by Crippen LogP contribution is -2.02.